The maximum Gasteiger partial charge on any atom is 0.433 e. The summed E-state index contributed by atoms with van der Waals surface area (Å²) in [6.07, 6.45) is -8.38. The zero-order valence-electron chi connectivity index (χ0n) is 6.75. The van der Waals surface area contributed by atoms with Gasteiger partial charge in [-0.25, -0.2) is 13.8 Å². The van der Waals surface area contributed by atoms with Gasteiger partial charge in [0.05, 0.1) is 10.6 Å². The summed E-state index contributed by atoms with van der Waals surface area (Å²) in [6, 6.07) is 0.736. The van der Waals surface area contributed by atoms with Crippen LogP contribution in [0.5, 0.6) is 0 Å². The molecule has 0 unspecified atom stereocenters. The van der Waals surface area contributed by atoms with E-state index in [1.165, 1.54) is 0 Å². The molecular weight excluding hydrogens is 264 g/mol. The molecule has 0 saturated carbocycles. The van der Waals surface area contributed by atoms with Crippen molar-refractivity contribution in [3.63, 3.8) is 0 Å². The summed E-state index contributed by atoms with van der Waals surface area (Å²) in [7, 11) is 0. The van der Waals surface area contributed by atoms with Crippen molar-refractivity contribution in [1.29, 1.82) is 0 Å². The van der Waals surface area contributed by atoms with E-state index in [0.29, 0.717) is 0 Å². The summed E-state index contributed by atoms with van der Waals surface area (Å²) in [4.78, 5) is 2.80. The molecule has 0 aromatic carbocycles. The van der Waals surface area contributed by atoms with E-state index in [4.69, 9.17) is 23.2 Å². The van der Waals surface area contributed by atoms with Gasteiger partial charge in [-0.2, -0.15) is 13.2 Å². The lowest BCUT2D eigenvalue weighted by molar-refractivity contribution is -0.143. The highest BCUT2D eigenvalue weighted by atomic mass is 35.5. The van der Waals surface area contributed by atoms with Crippen molar-refractivity contribution < 1.29 is 22.0 Å². The highest BCUT2D eigenvalue weighted by Gasteiger charge is 2.39. The maximum atomic E-state index is 12.3. The number of rotatable bonds is 1. The third-order valence-electron chi connectivity index (χ3n) is 1.46. The Hall–Kier alpha value is -0.620. The Kier molecular flexibility index (Phi) is 3.40. The Morgan fingerprint density at radius 2 is 1.73 bits per heavy atom. The van der Waals surface area contributed by atoms with Crippen LogP contribution in [0.25, 0.3) is 0 Å². The zero-order valence-corrected chi connectivity index (χ0v) is 8.26. The predicted molar refractivity (Wildman–Crippen MR) is 44.2 cm³/mol. The molecule has 0 N–H and O–H groups in total. The molecule has 84 valence electrons. The van der Waals surface area contributed by atoms with Crippen molar-refractivity contribution in [2.24, 2.45) is 0 Å². The molecule has 0 aliphatic rings. The minimum absolute atomic E-state index is 0.586. The molecule has 1 rings (SSSR count). The second kappa shape index (κ2) is 4.09. The van der Waals surface area contributed by atoms with Crippen LogP contribution in [0.1, 0.15) is 17.7 Å². The minimum Gasteiger partial charge on any atom is -0.231 e. The Labute approximate surface area is 90.8 Å². The van der Waals surface area contributed by atoms with Crippen molar-refractivity contribution in [3.8, 4) is 0 Å². The standard InChI is InChI=1S/C7H2Cl2F5N/c8-2-1-3(9)15-5(7(12,13)14)4(2)6(10)11/h1,6H. The van der Waals surface area contributed by atoms with Gasteiger partial charge in [0.2, 0.25) is 0 Å². The largest absolute Gasteiger partial charge is 0.433 e. The maximum absolute atomic E-state index is 12.3. The fourth-order valence-electron chi connectivity index (χ4n) is 0.918. The van der Waals surface area contributed by atoms with Crippen LogP contribution >= 0.6 is 23.2 Å². The number of halogens is 7. The van der Waals surface area contributed by atoms with Gasteiger partial charge in [-0.1, -0.05) is 23.2 Å². The summed E-state index contributed by atoms with van der Waals surface area (Å²) in [5.41, 5.74) is -3.11. The van der Waals surface area contributed by atoms with Gasteiger partial charge in [-0.3, -0.25) is 0 Å². The lowest BCUT2D eigenvalue weighted by Crippen LogP contribution is -2.13. The summed E-state index contributed by atoms with van der Waals surface area (Å²) < 4.78 is 61.3. The van der Waals surface area contributed by atoms with E-state index in [-0.39, 0.29) is 0 Å². The van der Waals surface area contributed by atoms with Gasteiger partial charge in [0.25, 0.3) is 6.43 Å². The van der Waals surface area contributed by atoms with E-state index >= 15 is 0 Å². The normalized spacial score (nSPS) is 12.3. The van der Waals surface area contributed by atoms with Gasteiger partial charge in [-0.05, 0) is 6.07 Å². The Morgan fingerprint density at radius 3 is 2.13 bits per heavy atom. The van der Waals surface area contributed by atoms with Crippen LogP contribution in [0.3, 0.4) is 0 Å². The third kappa shape index (κ3) is 2.69. The van der Waals surface area contributed by atoms with Crippen LogP contribution in [0, 0.1) is 0 Å². The zero-order chi connectivity index (χ0) is 11.8. The molecule has 15 heavy (non-hydrogen) atoms. The summed E-state index contributed by atoms with van der Waals surface area (Å²) in [5, 5.41) is -1.34. The van der Waals surface area contributed by atoms with Crippen molar-refractivity contribution in [2.45, 2.75) is 12.6 Å². The second-order valence-corrected chi connectivity index (χ2v) is 3.28. The van der Waals surface area contributed by atoms with Crippen molar-refractivity contribution in [3.05, 3.63) is 27.5 Å². The first-order valence-corrected chi connectivity index (χ1v) is 4.20. The minimum atomic E-state index is -5.01. The van der Waals surface area contributed by atoms with Crippen LogP contribution in [-0.4, -0.2) is 4.98 Å². The smallest absolute Gasteiger partial charge is 0.231 e. The monoisotopic (exact) mass is 265 g/mol. The van der Waals surface area contributed by atoms with E-state index in [0.717, 1.165) is 6.07 Å². The number of nitrogens with zero attached hydrogens (tertiary/aromatic N) is 1. The van der Waals surface area contributed by atoms with Crippen LogP contribution < -0.4 is 0 Å². The molecule has 8 heteroatoms. The average Bonchev–Trinajstić information content (AvgIpc) is 1.99. The fraction of sp³-hybridized carbons (Fsp3) is 0.286. The highest BCUT2D eigenvalue weighted by molar-refractivity contribution is 6.34. The Bertz CT molecular complexity index is 376. The molecule has 0 bridgehead atoms. The number of alkyl halides is 5. The lowest BCUT2D eigenvalue weighted by atomic mass is 10.2. The van der Waals surface area contributed by atoms with Crippen LogP contribution in [0.2, 0.25) is 10.2 Å². The molecule has 0 saturated heterocycles. The number of hydrogen-bond donors (Lipinski definition) is 0. The van der Waals surface area contributed by atoms with E-state index in [1.807, 2.05) is 0 Å². The highest BCUT2D eigenvalue weighted by Crippen LogP contribution is 2.39. The topological polar surface area (TPSA) is 12.9 Å². The molecular formula is C7H2Cl2F5N. The number of aromatic nitrogens is 1. The van der Waals surface area contributed by atoms with Crippen LogP contribution in [0.4, 0.5) is 22.0 Å². The summed E-state index contributed by atoms with van der Waals surface area (Å²) in [5.74, 6) is 0. The molecule has 0 fully saturated rings. The first kappa shape index (κ1) is 12.4. The molecule has 1 nitrogen and oxygen atoms in total. The lowest BCUT2D eigenvalue weighted by Gasteiger charge is -2.12. The SMILES string of the molecule is FC(F)c1c(Cl)cc(Cl)nc1C(F)(F)F. The van der Waals surface area contributed by atoms with Gasteiger partial charge < -0.3 is 0 Å². The van der Waals surface area contributed by atoms with Crippen molar-refractivity contribution in [2.75, 3.05) is 0 Å². The summed E-state index contributed by atoms with van der Waals surface area (Å²) in [6.45, 7) is 0. The summed E-state index contributed by atoms with van der Waals surface area (Å²) >= 11 is 10.4. The van der Waals surface area contributed by atoms with E-state index in [2.05, 4.69) is 4.98 Å². The quantitative estimate of drug-likeness (QED) is 0.544. The van der Waals surface area contributed by atoms with Crippen molar-refractivity contribution >= 4 is 23.2 Å². The Balaban J connectivity index is 3.47. The van der Waals surface area contributed by atoms with E-state index < -0.39 is 34.0 Å². The molecule has 1 heterocycles. The Morgan fingerprint density at radius 1 is 1.20 bits per heavy atom. The first-order valence-electron chi connectivity index (χ1n) is 3.44. The molecule has 0 aliphatic carbocycles. The predicted octanol–water partition coefficient (Wildman–Crippen LogP) is 4.34. The average molecular weight is 266 g/mol. The second-order valence-electron chi connectivity index (χ2n) is 2.49. The molecule has 1 aromatic heterocycles. The van der Waals surface area contributed by atoms with Gasteiger partial charge in [0.15, 0.2) is 5.69 Å². The third-order valence-corrected chi connectivity index (χ3v) is 1.97. The van der Waals surface area contributed by atoms with E-state index in [1.54, 1.807) is 0 Å². The first-order chi connectivity index (χ1) is 6.73. The van der Waals surface area contributed by atoms with E-state index in [9.17, 15) is 22.0 Å². The molecule has 0 aliphatic heterocycles. The van der Waals surface area contributed by atoms with Gasteiger partial charge in [0, 0.05) is 0 Å². The van der Waals surface area contributed by atoms with Crippen molar-refractivity contribution in [1.82, 2.24) is 4.98 Å². The molecule has 0 atom stereocenters. The van der Waals surface area contributed by atoms with Gasteiger partial charge in [-0.15, -0.1) is 0 Å². The van der Waals surface area contributed by atoms with Gasteiger partial charge >= 0.3 is 6.18 Å². The molecule has 0 amide bonds. The molecule has 0 radical (unpaired) electrons. The molecule has 0 spiro atoms. The van der Waals surface area contributed by atoms with Gasteiger partial charge in [0.1, 0.15) is 5.15 Å². The van der Waals surface area contributed by atoms with Crippen LogP contribution in [0.15, 0.2) is 6.07 Å². The number of pyridine rings is 1. The number of hydrogen-bond acceptors (Lipinski definition) is 1. The molecule has 1 aromatic rings. The van der Waals surface area contributed by atoms with Crippen LogP contribution in [-0.2, 0) is 6.18 Å². The fourth-order valence-corrected chi connectivity index (χ4v) is 1.44.